The van der Waals surface area contributed by atoms with Gasteiger partial charge in [-0.1, -0.05) is 30.3 Å². The van der Waals surface area contributed by atoms with Gasteiger partial charge in [0.1, 0.15) is 15.5 Å². The smallest absolute Gasteiger partial charge is 0.323 e. The van der Waals surface area contributed by atoms with Crippen molar-refractivity contribution in [2.75, 3.05) is 71.4 Å². The number of carbonyl (C=O) groups is 3. The summed E-state index contributed by atoms with van der Waals surface area (Å²) in [6.07, 6.45) is 0.217. The number of rotatable bonds is 9. The first kappa shape index (κ1) is 42.3. The van der Waals surface area contributed by atoms with E-state index in [1.807, 2.05) is 52.0 Å². The normalized spacial score (nSPS) is 18.9. The lowest BCUT2D eigenvalue weighted by Gasteiger charge is -2.25. The monoisotopic (exact) mass is 838 g/mol. The van der Waals surface area contributed by atoms with Gasteiger partial charge in [0.05, 0.1) is 36.4 Å². The second-order valence-corrected chi connectivity index (χ2v) is 16.9. The van der Waals surface area contributed by atoms with Crippen LogP contribution in [0.3, 0.4) is 0 Å². The number of Topliss-reactive ketones (excluding diaryl/α,β-unsaturated/α-hetero) is 1. The van der Waals surface area contributed by atoms with Gasteiger partial charge in [0.2, 0.25) is 6.79 Å². The Labute approximate surface area is 334 Å². The highest BCUT2D eigenvalue weighted by atomic mass is 32.2. The number of carbonyl (C=O) groups excluding carboxylic acids is 3. The maximum absolute atomic E-state index is 13.4. The first-order valence-electron chi connectivity index (χ1n) is 18.0. The number of esters is 2. The molecular formula is C38H42N6O12S2. The number of anilines is 1. The maximum atomic E-state index is 13.4. The Kier molecular flexibility index (Phi) is 12.6. The summed E-state index contributed by atoms with van der Waals surface area (Å²) in [6, 6.07) is 14.1. The predicted molar refractivity (Wildman–Crippen MR) is 210 cm³/mol. The zero-order valence-corrected chi connectivity index (χ0v) is 33.3. The number of nitrogens with zero attached hydrogens (tertiary/aromatic N) is 5. The molecule has 6 rings (SSSR count). The highest BCUT2D eigenvalue weighted by Crippen LogP contribution is 2.44. The molecule has 2 bridgehead atoms. The third-order valence-electron chi connectivity index (χ3n) is 10.0. The molecule has 2 atom stereocenters. The van der Waals surface area contributed by atoms with Gasteiger partial charge in [-0.3, -0.25) is 38.2 Å². The minimum atomic E-state index is -5.06. The summed E-state index contributed by atoms with van der Waals surface area (Å²) < 4.78 is 77.3. The molecule has 0 radical (unpaired) electrons. The molecule has 2 aliphatic rings. The highest BCUT2D eigenvalue weighted by molar-refractivity contribution is 7.87. The predicted octanol–water partition coefficient (Wildman–Crippen LogP) is 3.41. The Morgan fingerprint density at radius 1 is 0.741 bits per heavy atom. The molecular weight excluding hydrogens is 797 g/mol. The molecule has 2 unspecified atom stereocenters. The van der Waals surface area contributed by atoms with Crippen LogP contribution >= 0.6 is 0 Å². The van der Waals surface area contributed by atoms with Crippen molar-refractivity contribution >= 4 is 65.8 Å². The van der Waals surface area contributed by atoms with E-state index in [1.54, 1.807) is 13.0 Å². The third-order valence-corrected chi connectivity index (χ3v) is 11.8. The number of aromatic hydroxyl groups is 1. The number of fused-ring (bicyclic) bond motifs is 4. The summed E-state index contributed by atoms with van der Waals surface area (Å²) in [5.74, 6) is -1.66. The van der Waals surface area contributed by atoms with Crippen LogP contribution < -0.4 is 5.73 Å². The molecule has 308 valence electrons. The van der Waals surface area contributed by atoms with Crippen LogP contribution in [0, 0.1) is 13.8 Å². The number of nitrogen functional groups attached to an aromatic ring is 1. The van der Waals surface area contributed by atoms with Crippen molar-refractivity contribution in [3.8, 4) is 16.9 Å². The van der Waals surface area contributed by atoms with E-state index in [9.17, 15) is 45.4 Å². The van der Waals surface area contributed by atoms with E-state index in [0.29, 0.717) is 56.6 Å². The van der Waals surface area contributed by atoms with E-state index < -0.39 is 65.6 Å². The summed E-state index contributed by atoms with van der Waals surface area (Å²) in [5, 5.41) is 18.5. The molecule has 0 saturated carbocycles. The van der Waals surface area contributed by atoms with E-state index in [2.05, 4.69) is 10.2 Å². The van der Waals surface area contributed by atoms with E-state index in [1.165, 1.54) is 6.07 Å². The average molecular weight is 839 g/mol. The summed E-state index contributed by atoms with van der Waals surface area (Å²) in [7, 11) is -10.1. The van der Waals surface area contributed by atoms with Crippen molar-refractivity contribution in [3.05, 3.63) is 71.3 Å². The number of aryl methyl sites for hydroxylation is 2. The molecule has 5 N–H and O–H groups in total. The van der Waals surface area contributed by atoms with Crippen molar-refractivity contribution in [2.45, 2.75) is 30.1 Å². The number of phenolic OH excluding ortho intramolecular Hbond substituents is 1. The van der Waals surface area contributed by atoms with Crippen molar-refractivity contribution in [1.82, 2.24) is 14.7 Å². The SMILES string of the molecule is Cc1cc(-c2ccc(N=Nc3ccc4c(S(=O)(=O)O)cc(S(=O)(=O)O)c(N)c4c3O)c(C)c2)ccc1CC(=O)CN1CCN2CCN(CC1)CC(=O)OCOC(=O)C2. The fraction of sp³-hybridized carbons (Fsp3) is 0.342. The van der Waals surface area contributed by atoms with E-state index in [0.717, 1.165) is 28.3 Å². The quantitative estimate of drug-likeness (QED) is 0.0815. The minimum Gasteiger partial charge on any atom is -0.505 e. The molecule has 0 spiro atoms. The van der Waals surface area contributed by atoms with Gasteiger partial charge in [-0.25, -0.2) is 0 Å². The molecule has 4 aromatic carbocycles. The number of nitrogens with two attached hydrogens (primary N) is 1. The molecule has 2 saturated heterocycles. The molecule has 2 fully saturated rings. The molecule has 0 amide bonds. The fourth-order valence-electron chi connectivity index (χ4n) is 6.89. The molecule has 58 heavy (non-hydrogen) atoms. The summed E-state index contributed by atoms with van der Waals surface area (Å²) >= 11 is 0. The second kappa shape index (κ2) is 17.2. The Morgan fingerprint density at radius 2 is 1.28 bits per heavy atom. The standard InChI is InChI=1S/C38H42N6O12S2/c1-23-15-26(4-3-25(23)17-28(45)19-42-9-11-43-13-14-44(12-10-42)21-35(47)56-22-55-34(46)20-43)27-5-7-30(24(2)16-27)40-41-31-8-6-29-32(57(49,50)51)18-33(58(52,53)54)37(39)36(29)38(31)48/h3-8,15-16,18,48H,9-14,17,19-22,39H2,1-2H3,(H,49,50,51)(H,52,53,54). The largest absolute Gasteiger partial charge is 0.505 e. The number of hydrogen-bond donors (Lipinski definition) is 4. The number of phenols is 1. The number of azo groups is 1. The van der Waals surface area contributed by atoms with Gasteiger partial charge in [0.15, 0.2) is 11.5 Å². The molecule has 20 heteroatoms. The van der Waals surface area contributed by atoms with Crippen LogP contribution in [-0.2, 0) is 50.5 Å². The van der Waals surface area contributed by atoms with E-state index in [-0.39, 0.29) is 42.9 Å². The van der Waals surface area contributed by atoms with Gasteiger partial charge < -0.3 is 20.3 Å². The van der Waals surface area contributed by atoms with Gasteiger partial charge in [-0.2, -0.15) is 21.9 Å². The maximum Gasteiger partial charge on any atom is 0.323 e. The number of hydrogen-bond acceptors (Lipinski definition) is 16. The van der Waals surface area contributed by atoms with Crippen molar-refractivity contribution in [2.24, 2.45) is 10.2 Å². The van der Waals surface area contributed by atoms with Crippen LogP contribution in [0.4, 0.5) is 17.1 Å². The van der Waals surface area contributed by atoms with E-state index in [4.69, 9.17) is 15.2 Å². The molecule has 4 aromatic rings. The number of cyclic esters (lactones) is 2. The zero-order chi connectivity index (χ0) is 41.9. The average Bonchev–Trinajstić information content (AvgIpc) is 3.20. The highest BCUT2D eigenvalue weighted by Gasteiger charge is 2.27. The van der Waals surface area contributed by atoms with Crippen LogP contribution in [0.15, 0.2) is 74.6 Å². The van der Waals surface area contributed by atoms with Gasteiger partial charge in [0.25, 0.3) is 20.2 Å². The lowest BCUT2D eigenvalue weighted by atomic mass is 9.96. The summed E-state index contributed by atoms with van der Waals surface area (Å²) in [5.41, 5.74) is 9.72. The molecule has 18 nitrogen and oxygen atoms in total. The van der Waals surface area contributed by atoms with Gasteiger partial charge in [-0.05, 0) is 65.9 Å². The lowest BCUT2D eigenvalue weighted by Crippen LogP contribution is -2.41. The van der Waals surface area contributed by atoms with Crippen LogP contribution in [0.25, 0.3) is 21.9 Å². The van der Waals surface area contributed by atoms with Crippen molar-refractivity contribution < 1.29 is 54.9 Å². The Hall–Kier alpha value is -5.35. The fourth-order valence-corrected chi connectivity index (χ4v) is 8.32. The third kappa shape index (κ3) is 10.0. The van der Waals surface area contributed by atoms with Crippen molar-refractivity contribution in [1.29, 1.82) is 0 Å². The Morgan fingerprint density at radius 3 is 1.84 bits per heavy atom. The topological polar surface area (TPSA) is 259 Å². The van der Waals surface area contributed by atoms with Gasteiger partial charge in [-0.15, -0.1) is 5.11 Å². The Bertz CT molecular complexity index is 2520. The second-order valence-electron chi connectivity index (χ2n) is 14.1. The van der Waals surface area contributed by atoms with E-state index >= 15 is 0 Å². The number of benzene rings is 4. The summed E-state index contributed by atoms with van der Waals surface area (Å²) in [4.78, 5) is 41.9. The summed E-state index contributed by atoms with van der Waals surface area (Å²) in [6.45, 7) is 7.04. The Balaban J connectivity index is 1.15. The van der Waals surface area contributed by atoms with Crippen LogP contribution in [0.5, 0.6) is 5.75 Å². The molecule has 2 heterocycles. The van der Waals surface area contributed by atoms with Crippen molar-refractivity contribution in [3.63, 3.8) is 0 Å². The number of ether oxygens (including phenoxy) is 2. The van der Waals surface area contributed by atoms with Gasteiger partial charge in [0, 0.05) is 51.1 Å². The number of ketones is 1. The first-order valence-corrected chi connectivity index (χ1v) is 20.9. The molecule has 0 aromatic heterocycles. The lowest BCUT2D eigenvalue weighted by molar-refractivity contribution is -0.167. The van der Waals surface area contributed by atoms with Gasteiger partial charge >= 0.3 is 11.9 Å². The van der Waals surface area contributed by atoms with Crippen LogP contribution in [-0.4, -0.2) is 129 Å². The molecule has 2 aliphatic heterocycles. The molecule has 0 aliphatic carbocycles. The first-order chi connectivity index (χ1) is 27.4. The minimum absolute atomic E-state index is 0.0246. The van der Waals surface area contributed by atoms with Crippen LogP contribution in [0.2, 0.25) is 0 Å². The zero-order valence-electron chi connectivity index (χ0n) is 31.6. The van der Waals surface area contributed by atoms with Crippen LogP contribution in [0.1, 0.15) is 16.7 Å².